The van der Waals surface area contributed by atoms with Gasteiger partial charge in [0, 0.05) is 24.5 Å². The van der Waals surface area contributed by atoms with Crippen LogP contribution >= 0.6 is 0 Å². The summed E-state index contributed by atoms with van der Waals surface area (Å²) in [6, 6.07) is 10.7. The molecule has 26 heavy (non-hydrogen) atoms. The molecule has 1 aromatic carbocycles. The van der Waals surface area contributed by atoms with Crippen molar-refractivity contribution in [2.75, 3.05) is 6.54 Å². The van der Waals surface area contributed by atoms with Gasteiger partial charge in [0.15, 0.2) is 0 Å². The first-order valence-electron chi connectivity index (χ1n) is 7.86. The third-order valence-electron chi connectivity index (χ3n) is 3.69. The molecule has 8 nitrogen and oxygen atoms in total. The number of rotatable bonds is 7. The van der Waals surface area contributed by atoms with Crippen LogP contribution in [-0.4, -0.2) is 25.9 Å². The molecule has 3 aromatic rings. The van der Waals surface area contributed by atoms with Crippen molar-refractivity contribution < 1.29 is 17.6 Å². The van der Waals surface area contributed by atoms with E-state index in [-0.39, 0.29) is 35.9 Å². The van der Waals surface area contributed by atoms with Crippen LogP contribution < -0.4 is 15.6 Å². The fourth-order valence-electron chi connectivity index (χ4n) is 2.37. The van der Waals surface area contributed by atoms with E-state index in [2.05, 4.69) is 15.0 Å². The van der Waals surface area contributed by atoms with Gasteiger partial charge in [-0.25, -0.2) is 13.1 Å². The average Bonchev–Trinajstić information content (AvgIpc) is 3.13. The van der Waals surface area contributed by atoms with E-state index in [0.29, 0.717) is 16.7 Å². The van der Waals surface area contributed by atoms with E-state index >= 15 is 0 Å². The van der Waals surface area contributed by atoms with Crippen molar-refractivity contribution in [2.45, 2.75) is 17.9 Å². The van der Waals surface area contributed by atoms with Crippen LogP contribution in [0.15, 0.2) is 62.8 Å². The van der Waals surface area contributed by atoms with Gasteiger partial charge in [-0.1, -0.05) is 0 Å². The number of hydrogen-bond acceptors (Lipinski definition) is 5. The lowest BCUT2D eigenvalue weighted by atomic mass is 10.2. The number of fused-ring (bicyclic) bond motifs is 1. The molecule has 3 N–H and O–H groups in total. The van der Waals surface area contributed by atoms with Crippen molar-refractivity contribution in [3.8, 4) is 0 Å². The van der Waals surface area contributed by atoms with Crippen LogP contribution in [-0.2, 0) is 21.4 Å². The summed E-state index contributed by atoms with van der Waals surface area (Å²) >= 11 is 0. The predicted octanol–water partition coefficient (Wildman–Crippen LogP) is 1.11. The van der Waals surface area contributed by atoms with Gasteiger partial charge in [-0.05, 0) is 41.8 Å². The number of carbonyl (C=O) groups is 1. The summed E-state index contributed by atoms with van der Waals surface area (Å²) in [5.41, 5.74) is 0.292. The first kappa shape index (κ1) is 17.9. The standard InChI is InChI=1S/C17H17N3O5S/c21-16(18-11-13-2-1-9-25-13)7-8-19-26(23,24)14-4-5-15-12(10-14)3-6-17(22)20-15/h1-6,9-10,19H,7-8,11H2,(H,18,21)(H,20,22). The van der Waals surface area contributed by atoms with Crippen molar-refractivity contribution in [3.05, 3.63) is 64.8 Å². The SMILES string of the molecule is O=C(CCNS(=O)(=O)c1ccc2[nH]c(=O)ccc2c1)NCc1ccco1. The van der Waals surface area contributed by atoms with E-state index in [4.69, 9.17) is 4.42 Å². The zero-order chi connectivity index (χ0) is 18.6. The molecule has 0 aliphatic heterocycles. The molecule has 0 spiro atoms. The zero-order valence-electron chi connectivity index (χ0n) is 13.7. The van der Waals surface area contributed by atoms with Crippen molar-refractivity contribution in [3.63, 3.8) is 0 Å². The summed E-state index contributed by atoms with van der Waals surface area (Å²) in [5, 5.41) is 3.24. The highest BCUT2D eigenvalue weighted by Crippen LogP contribution is 2.16. The largest absolute Gasteiger partial charge is 0.467 e. The number of furan rings is 1. The summed E-state index contributed by atoms with van der Waals surface area (Å²) in [6.07, 6.45) is 1.51. The molecule has 0 bridgehead atoms. The molecule has 0 saturated carbocycles. The molecule has 0 atom stereocenters. The number of aromatic amines is 1. The number of H-pyrrole nitrogens is 1. The maximum atomic E-state index is 12.3. The maximum absolute atomic E-state index is 12.3. The van der Waals surface area contributed by atoms with Crippen molar-refractivity contribution >= 4 is 26.8 Å². The van der Waals surface area contributed by atoms with Crippen molar-refractivity contribution in [2.24, 2.45) is 0 Å². The molecule has 1 amide bonds. The predicted molar refractivity (Wildman–Crippen MR) is 94.9 cm³/mol. The molecular formula is C17H17N3O5S. The normalized spacial score (nSPS) is 11.5. The molecule has 0 unspecified atom stereocenters. The molecule has 136 valence electrons. The Morgan fingerprint density at radius 3 is 2.77 bits per heavy atom. The Morgan fingerprint density at radius 2 is 2.00 bits per heavy atom. The Morgan fingerprint density at radius 1 is 1.15 bits per heavy atom. The van der Waals surface area contributed by atoms with Gasteiger partial charge in [0.25, 0.3) is 0 Å². The molecule has 2 aromatic heterocycles. The van der Waals surface area contributed by atoms with Crippen molar-refractivity contribution in [1.82, 2.24) is 15.0 Å². The summed E-state index contributed by atoms with van der Waals surface area (Å²) in [4.78, 5) is 25.7. The minimum absolute atomic E-state index is 0.000833. The molecule has 0 radical (unpaired) electrons. The fourth-order valence-corrected chi connectivity index (χ4v) is 3.44. The maximum Gasteiger partial charge on any atom is 0.248 e. The van der Waals surface area contributed by atoms with Gasteiger partial charge in [0.2, 0.25) is 21.5 Å². The molecular weight excluding hydrogens is 358 g/mol. The summed E-state index contributed by atoms with van der Waals surface area (Å²) < 4.78 is 32.2. The zero-order valence-corrected chi connectivity index (χ0v) is 14.5. The molecule has 2 heterocycles. The first-order valence-corrected chi connectivity index (χ1v) is 9.34. The van der Waals surface area contributed by atoms with Gasteiger partial charge in [0.1, 0.15) is 5.76 Å². The Bertz CT molecular complexity index is 1070. The monoisotopic (exact) mass is 375 g/mol. The molecule has 9 heteroatoms. The first-order chi connectivity index (χ1) is 12.4. The van der Waals surface area contributed by atoms with Gasteiger partial charge in [-0.2, -0.15) is 0 Å². The topological polar surface area (TPSA) is 121 Å². The molecule has 0 aliphatic rings. The van der Waals surface area contributed by atoms with Crippen LogP contribution in [0.25, 0.3) is 10.9 Å². The number of hydrogen-bond donors (Lipinski definition) is 3. The quantitative estimate of drug-likeness (QED) is 0.571. The Labute approximate surface area is 149 Å². The third kappa shape index (κ3) is 4.38. The lowest BCUT2D eigenvalue weighted by Crippen LogP contribution is -2.30. The van der Waals surface area contributed by atoms with Crippen LogP contribution in [0.1, 0.15) is 12.2 Å². The van der Waals surface area contributed by atoms with Crippen LogP contribution in [0.4, 0.5) is 0 Å². The highest BCUT2D eigenvalue weighted by Gasteiger charge is 2.15. The van der Waals surface area contributed by atoms with Crippen molar-refractivity contribution in [1.29, 1.82) is 0 Å². The summed E-state index contributed by atoms with van der Waals surface area (Å²) in [5.74, 6) is 0.327. The number of carbonyl (C=O) groups excluding carboxylic acids is 1. The minimum atomic E-state index is -3.76. The Hall–Kier alpha value is -2.91. The summed E-state index contributed by atoms with van der Waals surface area (Å²) in [6.45, 7) is 0.220. The lowest BCUT2D eigenvalue weighted by molar-refractivity contribution is -0.121. The van der Waals surface area contributed by atoms with Crippen LogP contribution in [0.3, 0.4) is 0 Å². The van der Waals surface area contributed by atoms with E-state index in [1.54, 1.807) is 18.2 Å². The molecule has 3 rings (SSSR count). The van der Waals surface area contributed by atoms with Crippen LogP contribution in [0.5, 0.6) is 0 Å². The summed E-state index contributed by atoms with van der Waals surface area (Å²) in [7, 11) is -3.76. The van der Waals surface area contributed by atoms with Gasteiger partial charge in [-0.15, -0.1) is 0 Å². The van der Waals surface area contributed by atoms with Gasteiger partial charge in [0.05, 0.1) is 17.7 Å². The second-order valence-electron chi connectivity index (χ2n) is 5.58. The highest BCUT2D eigenvalue weighted by atomic mass is 32.2. The Kier molecular flexibility index (Phi) is 5.19. The van der Waals surface area contributed by atoms with E-state index < -0.39 is 10.0 Å². The Balaban J connectivity index is 1.57. The van der Waals surface area contributed by atoms with E-state index in [0.717, 1.165) is 0 Å². The highest BCUT2D eigenvalue weighted by molar-refractivity contribution is 7.89. The third-order valence-corrected chi connectivity index (χ3v) is 5.15. The number of aromatic nitrogens is 1. The second-order valence-corrected chi connectivity index (χ2v) is 7.34. The second kappa shape index (κ2) is 7.54. The fraction of sp³-hybridized carbons (Fsp3) is 0.176. The number of amides is 1. The van der Waals surface area contributed by atoms with E-state index in [1.165, 1.54) is 30.5 Å². The number of benzene rings is 1. The van der Waals surface area contributed by atoms with Gasteiger partial charge < -0.3 is 14.7 Å². The number of nitrogens with one attached hydrogen (secondary N) is 3. The van der Waals surface area contributed by atoms with Gasteiger partial charge in [-0.3, -0.25) is 9.59 Å². The molecule has 0 saturated heterocycles. The smallest absolute Gasteiger partial charge is 0.248 e. The number of pyridine rings is 1. The molecule has 0 fully saturated rings. The van der Waals surface area contributed by atoms with E-state index in [9.17, 15) is 18.0 Å². The van der Waals surface area contributed by atoms with Gasteiger partial charge >= 0.3 is 0 Å². The average molecular weight is 375 g/mol. The lowest BCUT2D eigenvalue weighted by Gasteiger charge is -2.08. The van der Waals surface area contributed by atoms with Crippen LogP contribution in [0.2, 0.25) is 0 Å². The van der Waals surface area contributed by atoms with E-state index in [1.807, 2.05) is 0 Å². The minimum Gasteiger partial charge on any atom is -0.467 e. The number of sulfonamides is 1. The van der Waals surface area contributed by atoms with Crippen LogP contribution in [0, 0.1) is 0 Å². The molecule has 0 aliphatic carbocycles.